The van der Waals surface area contributed by atoms with Crippen molar-refractivity contribution in [2.45, 2.75) is 6.10 Å². The highest BCUT2D eigenvalue weighted by molar-refractivity contribution is 7.92. The third-order valence-corrected chi connectivity index (χ3v) is 5.22. The summed E-state index contributed by atoms with van der Waals surface area (Å²) in [5.74, 6) is 0.132. The average molecular weight is 461 g/mol. The maximum absolute atomic E-state index is 13.9. The van der Waals surface area contributed by atoms with Crippen molar-refractivity contribution in [3.8, 4) is 22.6 Å². The van der Waals surface area contributed by atoms with Gasteiger partial charge in [-0.15, -0.1) is 0 Å². The van der Waals surface area contributed by atoms with Crippen molar-refractivity contribution < 1.29 is 27.8 Å². The molecule has 0 aliphatic heterocycles. The maximum atomic E-state index is 13.9. The number of anilines is 1. The molecular weight excluding hydrogens is 435 g/mol. The molecule has 0 fully saturated rings. The van der Waals surface area contributed by atoms with Crippen LogP contribution in [0.3, 0.4) is 0 Å². The van der Waals surface area contributed by atoms with Crippen molar-refractivity contribution in [3.63, 3.8) is 0 Å². The monoisotopic (exact) mass is 460 g/mol. The van der Waals surface area contributed by atoms with E-state index in [1.54, 1.807) is 42.5 Å². The summed E-state index contributed by atoms with van der Waals surface area (Å²) in [6.45, 7) is 1.01. The molecule has 0 unspecified atom stereocenters. The number of sulfonamides is 1. The molecule has 0 saturated heterocycles. The lowest BCUT2D eigenvalue weighted by molar-refractivity contribution is 0.172. The molecule has 3 aromatic carbocycles. The Bertz CT molecular complexity index is 1150. The predicted octanol–water partition coefficient (Wildman–Crippen LogP) is 3.27. The molecule has 0 heterocycles. The van der Waals surface area contributed by atoms with Gasteiger partial charge in [-0.2, -0.15) is 0 Å². The van der Waals surface area contributed by atoms with Gasteiger partial charge in [0.15, 0.2) is 0 Å². The number of phenols is 1. The topological polar surface area (TPSA) is 108 Å². The molecule has 0 amide bonds. The van der Waals surface area contributed by atoms with E-state index in [0.717, 1.165) is 11.8 Å². The number of hydrogen-bond donors (Lipinski definition) is 4. The van der Waals surface area contributed by atoms with Crippen molar-refractivity contribution in [3.05, 3.63) is 78.1 Å². The summed E-state index contributed by atoms with van der Waals surface area (Å²) in [4.78, 5) is 0. The van der Waals surface area contributed by atoms with Crippen molar-refractivity contribution in [1.82, 2.24) is 5.32 Å². The van der Waals surface area contributed by atoms with Crippen LogP contribution in [0.1, 0.15) is 11.7 Å². The van der Waals surface area contributed by atoms with E-state index in [2.05, 4.69) is 10.0 Å². The van der Waals surface area contributed by atoms with Crippen LogP contribution in [0.2, 0.25) is 0 Å². The second-order valence-electron chi connectivity index (χ2n) is 7.22. The SMILES string of the molecule is CS(=O)(=O)Nc1cc([C@@H](O)CNCCOc2ccc(-c3ccccc3F)cc2)ccc1O. The van der Waals surface area contributed by atoms with Gasteiger partial charge in [0.25, 0.3) is 0 Å². The van der Waals surface area contributed by atoms with Crippen LogP contribution in [0, 0.1) is 5.82 Å². The van der Waals surface area contributed by atoms with Gasteiger partial charge in [-0.25, -0.2) is 12.8 Å². The summed E-state index contributed by atoms with van der Waals surface area (Å²) in [5.41, 5.74) is 1.74. The molecule has 32 heavy (non-hydrogen) atoms. The summed E-state index contributed by atoms with van der Waals surface area (Å²) in [6.07, 6.45) is 0.0701. The highest BCUT2D eigenvalue weighted by atomic mass is 32.2. The molecule has 0 spiro atoms. The fourth-order valence-electron chi connectivity index (χ4n) is 3.07. The molecule has 0 aliphatic rings. The Morgan fingerprint density at radius 1 is 1.06 bits per heavy atom. The normalized spacial score (nSPS) is 12.3. The summed E-state index contributed by atoms with van der Waals surface area (Å²) in [6, 6.07) is 17.9. The molecule has 4 N–H and O–H groups in total. The molecule has 0 aliphatic carbocycles. The molecular formula is C23H25FN2O5S. The van der Waals surface area contributed by atoms with E-state index in [-0.39, 0.29) is 23.8 Å². The first-order valence-electron chi connectivity index (χ1n) is 9.90. The third kappa shape index (κ3) is 6.68. The maximum Gasteiger partial charge on any atom is 0.229 e. The summed E-state index contributed by atoms with van der Waals surface area (Å²) in [5, 5.41) is 23.1. The molecule has 0 bridgehead atoms. The largest absolute Gasteiger partial charge is 0.506 e. The van der Waals surface area contributed by atoms with E-state index in [9.17, 15) is 23.0 Å². The first-order valence-corrected chi connectivity index (χ1v) is 11.8. The molecule has 1 atom stereocenters. The zero-order valence-corrected chi connectivity index (χ0v) is 18.3. The third-order valence-electron chi connectivity index (χ3n) is 4.63. The molecule has 0 aromatic heterocycles. The summed E-state index contributed by atoms with van der Waals surface area (Å²) in [7, 11) is -3.56. The van der Waals surface area contributed by atoms with Gasteiger partial charge in [-0.05, 0) is 41.5 Å². The number of benzene rings is 3. The van der Waals surface area contributed by atoms with Gasteiger partial charge in [-0.1, -0.05) is 36.4 Å². The quantitative estimate of drug-likeness (QED) is 0.273. The van der Waals surface area contributed by atoms with Gasteiger partial charge in [0.05, 0.1) is 18.0 Å². The van der Waals surface area contributed by atoms with Crippen LogP contribution in [0.15, 0.2) is 66.7 Å². The van der Waals surface area contributed by atoms with Gasteiger partial charge in [0.1, 0.15) is 23.9 Å². The lowest BCUT2D eigenvalue weighted by atomic mass is 10.1. The minimum absolute atomic E-state index is 0.00575. The number of rotatable bonds is 10. The number of aliphatic hydroxyl groups is 1. The Kier molecular flexibility index (Phi) is 7.68. The van der Waals surface area contributed by atoms with Gasteiger partial charge >= 0.3 is 0 Å². The number of aromatic hydroxyl groups is 1. The van der Waals surface area contributed by atoms with E-state index in [0.29, 0.717) is 30.0 Å². The Balaban J connectivity index is 1.45. The number of phenolic OH excluding ortho intramolecular Hbond substituents is 1. The number of ether oxygens (including phenoxy) is 1. The van der Waals surface area contributed by atoms with Crippen molar-refractivity contribution in [1.29, 1.82) is 0 Å². The van der Waals surface area contributed by atoms with Crippen LogP contribution in [-0.2, 0) is 10.0 Å². The minimum atomic E-state index is -3.56. The summed E-state index contributed by atoms with van der Waals surface area (Å²) >= 11 is 0. The first kappa shape index (κ1) is 23.5. The van der Waals surface area contributed by atoms with Crippen LogP contribution in [-0.4, -0.2) is 44.6 Å². The molecule has 170 valence electrons. The molecule has 7 nitrogen and oxygen atoms in total. The van der Waals surface area contributed by atoms with Crippen molar-refractivity contribution in [2.24, 2.45) is 0 Å². The Morgan fingerprint density at radius 2 is 1.78 bits per heavy atom. The van der Waals surface area contributed by atoms with Crippen molar-refractivity contribution >= 4 is 15.7 Å². The standard InChI is InChI=1S/C23H25FN2O5S/c1-32(29,30)26-21-14-17(8-11-22(21)27)23(28)15-25-12-13-31-18-9-6-16(7-10-18)19-4-2-3-5-20(19)24/h2-11,14,23,25-28H,12-13,15H2,1H3/t23-/m0/s1. The minimum Gasteiger partial charge on any atom is -0.506 e. The van der Waals surface area contributed by atoms with Gasteiger partial charge < -0.3 is 20.3 Å². The first-order chi connectivity index (χ1) is 15.2. The number of halogens is 1. The molecule has 3 rings (SSSR count). The molecule has 0 radical (unpaired) electrons. The number of aliphatic hydroxyl groups excluding tert-OH is 1. The molecule has 3 aromatic rings. The summed E-state index contributed by atoms with van der Waals surface area (Å²) < 4.78 is 44.5. The van der Waals surface area contributed by atoms with E-state index >= 15 is 0 Å². The highest BCUT2D eigenvalue weighted by Crippen LogP contribution is 2.28. The van der Waals surface area contributed by atoms with E-state index in [4.69, 9.17) is 4.74 Å². The zero-order valence-electron chi connectivity index (χ0n) is 17.5. The van der Waals surface area contributed by atoms with Gasteiger partial charge in [0, 0.05) is 18.7 Å². The van der Waals surface area contributed by atoms with E-state index < -0.39 is 16.1 Å². The van der Waals surface area contributed by atoms with E-state index in [1.807, 2.05) is 0 Å². The fraction of sp³-hybridized carbons (Fsp3) is 0.217. The second-order valence-corrected chi connectivity index (χ2v) is 8.97. The lowest BCUT2D eigenvalue weighted by Gasteiger charge is -2.15. The fourth-order valence-corrected chi connectivity index (χ4v) is 3.63. The van der Waals surface area contributed by atoms with Gasteiger partial charge in [0.2, 0.25) is 10.0 Å². The average Bonchev–Trinajstić information content (AvgIpc) is 2.75. The number of hydrogen-bond acceptors (Lipinski definition) is 6. The van der Waals surface area contributed by atoms with Crippen molar-refractivity contribution in [2.75, 3.05) is 30.7 Å². The van der Waals surface area contributed by atoms with Crippen LogP contribution in [0.25, 0.3) is 11.1 Å². The molecule has 0 saturated carbocycles. The van der Waals surface area contributed by atoms with Crippen LogP contribution < -0.4 is 14.8 Å². The van der Waals surface area contributed by atoms with Crippen LogP contribution in [0.4, 0.5) is 10.1 Å². The predicted molar refractivity (Wildman–Crippen MR) is 122 cm³/mol. The Morgan fingerprint density at radius 3 is 2.47 bits per heavy atom. The second kappa shape index (κ2) is 10.4. The van der Waals surface area contributed by atoms with Gasteiger partial charge in [-0.3, -0.25) is 4.72 Å². The van der Waals surface area contributed by atoms with E-state index in [1.165, 1.54) is 24.3 Å². The smallest absolute Gasteiger partial charge is 0.229 e. The molecule has 9 heteroatoms. The Hall–Kier alpha value is -3.14. The highest BCUT2D eigenvalue weighted by Gasteiger charge is 2.13. The van der Waals surface area contributed by atoms with Crippen LogP contribution >= 0.6 is 0 Å². The Labute approximate surface area is 186 Å². The zero-order chi connectivity index (χ0) is 23.1. The lowest BCUT2D eigenvalue weighted by Crippen LogP contribution is -2.26. The number of nitrogens with one attached hydrogen (secondary N) is 2. The van der Waals surface area contributed by atoms with Crippen LogP contribution in [0.5, 0.6) is 11.5 Å².